The zero-order valence-corrected chi connectivity index (χ0v) is 10.2. The van der Waals surface area contributed by atoms with Crippen molar-refractivity contribution in [3.8, 4) is 0 Å². The van der Waals surface area contributed by atoms with Crippen LogP contribution in [0.2, 0.25) is 0 Å². The maximum absolute atomic E-state index is 13.5. The highest BCUT2D eigenvalue weighted by molar-refractivity contribution is 5.21. The Kier molecular flexibility index (Phi) is 3.97. The quantitative estimate of drug-likeness (QED) is 0.872. The van der Waals surface area contributed by atoms with Gasteiger partial charge in [-0.25, -0.2) is 8.78 Å². The van der Waals surface area contributed by atoms with Gasteiger partial charge >= 0.3 is 0 Å². The molecule has 4 heteroatoms. The van der Waals surface area contributed by atoms with Crippen LogP contribution in [-0.4, -0.2) is 21.9 Å². The molecule has 0 saturated heterocycles. The van der Waals surface area contributed by atoms with Gasteiger partial charge in [0, 0.05) is 12.0 Å². The lowest BCUT2D eigenvalue weighted by atomic mass is 9.79. The van der Waals surface area contributed by atoms with Crippen LogP contribution >= 0.6 is 0 Å². The molecule has 2 rings (SSSR count). The number of aliphatic hydroxyl groups is 2. The van der Waals surface area contributed by atoms with Crippen molar-refractivity contribution in [2.75, 3.05) is 0 Å². The number of rotatable bonds is 3. The molecular weight excluding hydrogens is 238 g/mol. The molecule has 1 aromatic carbocycles. The highest BCUT2D eigenvalue weighted by Gasteiger charge is 2.37. The Labute approximate surface area is 105 Å². The van der Waals surface area contributed by atoms with Crippen molar-refractivity contribution in [2.24, 2.45) is 0 Å². The van der Waals surface area contributed by atoms with Crippen LogP contribution < -0.4 is 0 Å². The van der Waals surface area contributed by atoms with E-state index < -0.39 is 23.3 Å². The number of hydrogen-bond acceptors (Lipinski definition) is 2. The van der Waals surface area contributed by atoms with Crippen molar-refractivity contribution in [2.45, 2.75) is 50.2 Å². The topological polar surface area (TPSA) is 40.5 Å². The second kappa shape index (κ2) is 5.33. The van der Waals surface area contributed by atoms with Crippen LogP contribution in [-0.2, 0) is 6.42 Å². The van der Waals surface area contributed by atoms with Crippen molar-refractivity contribution in [1.82, 2.24) is 0 Å². The molecule has 100 valence electrons. The predicted octanol–water partition coefficient (Wildman–Crippen LogP) is 2.56. The molecule has 0 heterocycles. The normalized spacial score (nSPS) is 20.7. The molecule has 2 N–H and O–H groups in total. The lowest BCUT2D eigenvalue weighted by Gasteiger charge is -2.36. The molecule has 1 fully saturated rings. The molecule has 1 aliphatic carbocycles. The molecule has 0 radical (unpaired) electrons. The summed E-state index contributed by atoms with van der Waals surface area (Å²) in [6.07, 6.45) is 2.39. The first-order chi connectivity index (χ1) is 8.53. The van der Waals surface area contributed by atoms with Gasteiger partial charge in [-0.3, -0.25) is 0 Å². The van der Waals surface area contributed by atoms with Crippen LogP contribution in [0.1, 0.15) is 37.7 Å². The van der Waals surface area contributed by atoms with Crippen LogP contribution in [0.15, 0.2) is 18.2 Å². The van der Waals surface area contributed by atoms with Gasteiger partial charge in [0.25, 0.3) is 0 Å². The van der Waals surface area contributed by atoms with Crippen molar-refractivity contribution in [3.05, 3.63) is 35.4 Å². The van der Waals surface area contributed by atoms with Gasteiger partial charge in [-0.2, -0.15) is 0 Å². The zero-order chi connectivity index (χ0) is 13.2. The van der Waals surface area contributed by atoms with E-state index in [1.807, 2.05) is 0 Å². The Hall–Kier alpha value is -1.00. The Balaban J connectivity index is 2.13. The van der Waals surface area contributed by atoms with Crippen LogP contribution in [0.3, 0.4) is 0 Å². The van der Waals surface area contributed by atoms with Gasteiger partial charge < -0.3 is 10.2 Å². The van der Waals surface area contributed by atoms with Gasteiger partial charge in [0.1, 0.15) is 11.6 Å². The van der Waals surface area contributed by atoms with E-state index in [1.165, 1.54) is 6.07 Å². The van der Waals surface area contributed by atoms with Crippen molar-refractivity contribution in [3.63, 3.8) is 0 Å². The second-order valence-corrected chi connectivity index (χ2v) is 5.08. The smallest absolute Gasteiger partial charge is 0.129 e. The summed E-state index contributed by atoms with van der Waals surface area (Å²) in [5.74, 6) is -1.35. The molecule has 0 aromatic heterocycles. The zero-order valence-electron chi connectivity index (χ0n) is 10.2. The van der Waals surface area contributed by atoms with E-state index in [9.17, 15) is 19.0 Å². The lowest BCUT2D eigenvalue weighted by Crippen LogP contribution is -2.45. The first kappa shape index (κ1) is 13.4. The fraction of sp³-hybridized carbons (Fsp3) is 0.571. The molecule has 2 nitrogen and oxygen atoms in total. The van der Waals surface area contributed by atoms with E-state index in [2.05, 4.69) is 0 Å². The minimum absolute atomic E-state index is 0.149. The molecule has 0 spiro atoms. The van der Waals surface area contributed by atoms with Gasteiger partial charge in [0.15, 0.2) is 0 Å². The number of hydrogen-bond donors (Lipinski definition) is 2. The van der Waals surface area contributed by atoms with Gasteiger partial charge in [0.2, 0.25) is 0 Å². The molecular formula is C14H18F2O2. The Morgan fingerprint density at radius 3 is 2.22 bits per heavy atom. The van der Waals surface area contributed by atoms with Crippen LogP contribution in [0, 0.1) is 11.6 Å². The fourth-order valence-corrected chi connectivity index (χ4v) is 2.61. The molecule has 1 saturated carbocycles. The average Bonchev–Trinajstić information content (AvgIpc) is 2.34. The predicted molar refractivity (Wildman–Crippen MR) is 64.1 cm³/mol. The summed E-state index contributed by atoms with van der Waals surface area (Å²) >= 11 is 0. The average molecular weight is 256 g/mol. The summed E-state index contributed by atoms with van der Waals surface area (Å²) in [5, 5.41) is 20.3. The van der Waals surface area contributed by atoms with Crippen molar-refractivity contribution < 1.29 is 19.0 Å². The number of aliphatic hydroxyl groups excluding tert-OH is 1. The van der Waals surface area contributed by atoms with Gasteiger partial charge in [-0.1, -0.05) is 25.3 Å². The summed E-state index contributed by atoms with van der Waals surface area (Å²) in [7, 11) is 0. The van der Waals surface area contributed by atoms with Gasteiger partial charge in [-0.05, 0) is 25.0 Å². The van der Waals surface area contributed by atoms with E-state index in [1.54, 1.807) is 0 Å². The van der Waals surface area contributed by atoms with Crippen LogP contribution in [0.5, 0.6) is 0 Å². The highest BCUT2D eigenvalue weighted by atomic mass is 19.1. The Morgan fingerprint density at radius 2 is 1.67 bits per heavy atom. The van der Waals surface area contributed by atoms with Crippen LogP contribution in [0.4, 0.5) is 8.78 Å². The van der Waals surface area contributed by atoms with Crippen molar-refractivity contribution in [1.29, 1.82) is 0 Å². The van der Waals surface area contributed by atoms with Crippen molar-refractivity contribution >= 4 is 0 Å². The molecule has 18 heavy (non-hydrogen) atoms. The van der Waals surface area contributed by atoms with E-state index in [-0.39, 0.29) is 12.0 Å². The third kappa shape index (κ3) is 2.70. The van der Waals surface area contributed by atoms with Gasteiger partial charge in [-0.15, -0.1) is 0 Å². The van der Waals surface area contributed by atoms with Crippen LogP contribution in [0.25, 0.3) is 0 Å². The molecule has 0 amide bonds. The summed E-state index contributed by atoms with van der Waals surface area (Å²) < 4.78 is 26.9. The number of halogens is 2. The minimum Gasteiger partial charge on any atom is -0.390 e. The maximum atomic E-state index is 13.5. The maximum Gasteiger partial charge on any atom is 0.129 e. The summed E-state index contributed by atoms with van der Waals surface area (Å²) in [6.45, 7) is 0. The highest BCUT2D eigenvalue weighted by Crippen LogP contribution is 2.32. The third-order valence-electron chi connectivity index (χ3n) is 3.80. The monoisotopic (exact) mass is 256 g/mol. The first-order valence-electron chi connectivity index (χ1n) is 6.36. The van der Waals surface area contributed by atoms with Gasteiger partial charge in [0.05, 0.1) is 11.7 Å². The molecule has 1 aromatic rings. The van der Waals surface area contributed by atoms with E-state index in [4.69, 9.17) is 0 Å². The van der Waals surface area contributed by atoms with E-state index >= 15 is 0 Å². The molecule has 1 aliphatic rings. The third-order valence-corrected chi connectivity index (χ3v) is 3.80. The molecule has 1 atom stereocenters. The SMILES string of the molecule is OC(Cc1c(F)cccc1F)C1(O)CCCCC1. The Morgan fingerprint density at radius 1 is 1.11 bits per heavy atom. The molecule has 0 bridgehead atoms. The summed E-state index contributed by atoms with van der Waals surface area (Å²) in [4.78, 5) is 0. The largest absolute Gasteiger partial charge is 0.390 e. The standard InChI is InChI=1S/C14H18F2O2/c15-11-5-4-6-12(16)10(11)9-13(17)14(18)7-2-1-3-8-14/h4-6,13,17-18H,1-3,7-9H2. The second-order valence-electron chi connectivity index (χ2n) is 5.08. The minimum atomic E-state index is -1.20. The first-order valence-corrected chi connectivity index (χ1v) is 6.36. The molecule has 0 aliphatic heterocycles. The fourth-order valence-electron chi connectivity index (χ4n) is 2.61. The lowest BCUT2D eigenvalue weighted by molar-refractivity contribution is -0.0965. The molecule has 1 unspecified atom stereocenters. The summed E-state index contributed by atoms with van der Waals surface area (Å²) in [6, 6.07) is 3.61. The van der Waals surface area contributed by atoms with E-state index in [0.717, 1.165) is 31.4 Å². The van der Waals surface area contributed by atoms with E-state index in [0.29, 0.717) is 12.8 Å². The Bertz CT molecular complexity index is 394. The number of benzene rings is 1. The summed E-state index contributed by atoms with van der Waals surface area (Å²) in [5.41, 5.74) is -1.35.